The quantitative estimate of drug-likeness (QED) is 0.539. The maximum absolute atomic E-state index is 12.8. The molecule has 35 heavy (non-hydrogen) atoms. The van der Waals surface area contributed by atoms with Gasteiger partial charge in [0.2, 0.25) is 11.8 Å². The van der Waals surface area contributed by atoms with Gasteiger partial charge in [-0.05, 0) is 32.9 Å². The van der Waals surface area contributed by atoms with Crippen LogP contribution in [0.25, 0.3) is 0 Å². The van der Waals surface area contributed by atoms with Crippen molar-refractivity contribution in [2.75, 3.05) is 43.5 Å². The van der Waals surface area contributed by atoms with E-state index in [1.54, 1.807) is 17.0 Å². The first-order chi connectivity index (χ1) is 16.4. The summed E-state index contributed by atoms with van der Waals surface area (Å²) in [6.07, 6.45) is -4.40. The second-order valence-corrected chi connectivity index (χ2v) is 8.56. The minimum absolute atomic E-state index is 0.133. The van der Waals surface area contributed by atoms with E-state index >= 15 is 0 Å². The fraction of sp³-hybridized carbons (Fsp3) is 0.545. The highest BCUT2D eigenvalue weighted by Gasteiger charge is 2.34. The van der Waals surface area contributed by atoms with E-state index in [2.05, 4.69) is 20.3 Å². The van der Waals surface area contributed by atoms with Crippen molar-refractivity contribution in [1.29, 1.82) is 0 Å². The number of alkyl halides is 3. The standard InChI is InChI=1S/C20H24ClF3N6O3.C2H6/c1-19(2,3)33-18(31)30-9-7-29(8-10-30)14-6-5-13(16(27-14)32-4)26-17-25-11-12(15(21)28-17)20(22,23)24;1-2/h5-6,11H,7-10H2,1-4H3,(H,25,26,28);1-2H3. The van der Waals surface area contributed by atoms with Crippen molar-refractivity contribution >= 4 is 35.1 Å². The number of carbonyl (C=O) groups is 1. The fourth-order valence-corrected chi connectivity index (χ4v) is 3.27. The molecule has 0 unspecified atom stereocenters. The van der Waals surface area contributed by atoms with Crippen LogP contribution in [0.5, 0.6) is 5.88 Å². The number of pyridine rings is 1. The summed E-state index contributed by atoms with van der Waals surface area (Å²) < 4.78 is 49.2. The summed E-state index contributed by atoms with van der Waals surface area (Å²) in [7, 11) is 1.42. The largest absolute Gasteiger partial charge is 0.479 e. The molecule has 0 atom stereocenters. The van der Waals surface area contributed by atoms with Crippen LogP contribution in [0.2, 0.25) is 5.15 Å². The number of carbonyl (C=O) groups excluding carboxylic acids is 1. The molecule has 13 heteroatoms. The van der Waals surface area contributed by atoms with E-state index in [0.29, 0.717) is 43.9 Å². The van der Waals surface area contributed by atoms with Gasteiger partial charge in [-0.3, -0.25) is 0 Å². The Morgan fingerprint density at radius 2 is 1.71 bits per heavy atom. The smallest absolute Gasteiger partial charge is 0.420 e. The molecule has 3 rings (SSSR count). The normalized spacial score (nSPS) is 14.1. The average molecular weight is 519 g/mol. The summed E-state index contributed by atoms with van der Waals surface area (Å²) >= 11 is 5.65. The molecule has 2 aromatic heterocycles. The van der Waals surface area contributed by atoms with Crippen LogP contribution >= 0.6 is 11.6 Å². The Bertz CT molecular complexity index is 1010. The molecule has 194 valence electrons. The molecule has 3 heterocycles. The van der Waals surface area contributed by atoms with E-state index in [-0.39, 0.29) is 17.9 Å². The Morgan fingerprint density at radius 3 is 2.23 bits per heavy atom. The van der Waals surface area contributed by atoms with Crippen molar-refractivity contribution < 1.29 is 27.4 Å². The Hall–Kier alpha value is -3.02. The third-order valence-corrected chi connectivity index (χ3v) is 4.88. The van der Waals surface area contributed by atoms with E-state index in [0.717, 1.165) is 0 Å². The third-order valence-electron chi connectivity index (χ3n) is 4.59. The highest BCUT2D eigenvalue weighted by molar-refractivity contribution is 6.30. The first-order valence-corrected chi connectivity index (χ1v) is 11.4. The molecule has 1 saturated heterocycles. The predicted molar refractivity (Wildman–Crippen MR) is 127 cm³/mol. The molecule has 0 saturated carbocycles. The lowest BCUT2D eigenvalue weighted by molar-refractivity contribution is -0.137. The number of nitrogens with zero attached hydrogens (tertiary/aromatic N) is 5. The minimum Gasteiger partial charge on any atom is -0.479 e. The fourth-order valence-electron chi connectivity index (χ4n) is 3.03. The number of ether oxygens (including phenoxy) is 2. The Morgan fingerprint density at radius 1 is 1.09 bits per heavy atom. The minimum atomic E-state index is -4.65. The molecule has 9 nitrogen and oxygen atoms in total. The van der Waals surface area contributed by atoms with E-state index in [9.17, 15) is 18.0 Å². The van der Waals surface area contributed by atoms with Crippen molar-refractivity contribution in [2.24, 2.45) is 0 Å². The summed E-state index contributed by atoms with van der Waals surface area (Å²) in [5.41, 5.74) is -1.34. The Labute approximate surface area is 207 Å². The van der Waals surface area contributed by atoms with Crippen molar-refractivity contribution in [2.45, 2.75) is 46.4 Å². The maximum Gasteiger partial charge on any atom is 0.420 e. The molecule has 0 aromatic carbocycles. The molecule has 0 aliphatic carbocycles. The van der Waals surface area contributed by atoms with Crippen molar-refractivity contribution in [1.82, 2.24) is 19.9 Å². The van der Waals surface area contributed by atoms with E-state index in [1.807, 2.05) is 39.5 Å². The molecule has 0 radical (unpaired) electrons. The van der Waals surface area contributed by atoms with Gasteiger partial charge in [-0.25, -0.2) is 14.8 Å². The van der Waals surface area contributed by atoms with Crippen LogP contribution < -0.4 is 15.0 Å². The van der Waals surface area contributed by atoms with Crippen LogP contribution in [-0.2, 0) is 10.9 Å². The SMILES string of the molecule is CC.COc1nc(N2CCN(C(=O)OC(C)(C)C)CC2)ccc1Nc1ncc(C(F)(F)F)c(Cl)n1. The molecule has 0 spiro atoms. The lowest BCUT2D eigenvalue weighted by Gasteiger charge is -2.36. The van der Waals surface area contributed by atoms with Crippen LogP contribution in [0, 0.1) is 0 Å². The third kappa shape index (κ3) is 7.74. The molecular weight excluding hydrogens is 489 g/mol. The van der Waals surface area contributed by atoms with Gasteiger partial charge in [0.05, 0.1) is 7.11 Å². The lowest BCUT2D eigenvalue weighted by Crippen LogP contribution is -2.50. The molecule has 1 amide bonds. The summed E-state index contributed by atoms with van der Waals surface area (Å²) in [5, 5.41) is 2.05. The Kier molecular flexibility index (Phi) is 9.36. The number of amides is 1. The zero-order valence-electron chi connectivity index (χ0n) is 20.5. The Balaban J connectivity index is 0.00000210. The predicted octanol–water partition coefficient (Wildman–Crippen LogP) is 5.38. The van der Waals surface area contributed by atoms with E-state index in [1.165, 1.54) is 7.11 Å². The number of hydrogen-bond donors (Lipinski definition) is 1. The number of aromatic nitrogens is 3. The number of anilines is 3. The highest BCUT2D eigenvalue weighted by atomic mass is 35.5. The number of rotatable bonds is 4. The van der Waals surface area contributed by atoms with Gasteiger partial charge in [0, 0.05) is 32.4 Å². The summed E-state index contributed by atoms with van der Waals surface area (Å²) in [4.78, 5) is 27.6. The van der Waals surface area contributed by atoms with Gasteiger partial charge in [0.25, 0.3) is 0 Å². The van der Waals surface area contributed by atoms with Gasteiger partial charge in [-0.15, -0.1) is 0 Å². The summed E-state index contributed by atoms with van der Waals surface area (Å²) in [6.45, 7) is 11.5. The second kappa shape index (κ2) is 11.6. The zero-order chi connectivity index (χ0) is 26.4. The van der Waals surface area contributed by atoms with Gasteiger partial charge in [0.15, 0.2) is 0 Å². The van der Waals surface area contributed by atoms with Crippen molar-refractivity contribution in [3.05, 3.63) is 29.0 Å². The summed E-state index contributed by atoms with van der Waals surface area (Å²) in [5.74, 6) is 0.682. The van der Waals surface area contributed by atoms with Crippen LogP contribution in [-0.4, -0.2) is 64.8 Å². The topological polar surface area (TPSA) is 92.7 Å². The van der Waals surface area contributed by atoms with Crippen molar-refractivity contribution in [3.8, 4) is 5.88 Å². The van der Waals surface area contributed by atoms with Crippen molar-refractivity contribution in [3.63, 3.8) is 0 Å². The van der Waals surface area contributed by atoms with Gasteiger partial charge in [0.1, 0.15) is 27.8 Å². The number of hydrogen-bond acceptors (Lipinski definition) is 8. The number of methoxy groups -OCH3 is 1. The van der Waals surface area contributed by atoms with Gasteiger partial charge in [-0.1, -0.05) is 25.4 Å². The molecule has 1 aliphatic heterocycles. The molecule has 2 aromatic rings. The number of piperazine rings is 1. The monoisotopic (exact) mass is 518 g/mol. The van der Waals surface area contributed by atoms with E-state index < -0.39 is 22.5 Å². The van der Waals surface area contributed by atoms with Crippen LogP contribution in [0.1, 0.15) is 40.2 Å². The molecular formula is C22H30ClF3N6O3. The first kappa shape index (κ1) is 28.2. The average Bonchev–Trinajstić information content (AvgIpc) is 2.79. The summed E-state index contributed by atoms with van der Waals surface area (Å²) in [6, 6.07) is 3.37. The van der Waals surface area contributed by atoms with Crippen LogP contribution in [0.4, 0.5) is 35.4 Å². The molecule has 0 bridgehead atoms. The second-order valence-electron chi connectivity index (χ2n) is 8.20. The highest BCUT2D eigenvalue weighted by Crippen LogP contribution is 2.34. The van der Waals surface area contributed by atoms with Crippen LogP contribution in [0.15, 0.2) is 18.3 Å². The first-order valence-electron chi connectivity index (χ1n) is 11.0. The number of halogens is 4. The van der Waals surface area contributed by atoms with Gasteiger partial charge in [-0.2, -0.15) is 18.2 Å². The molecule has 1 aliphatic rings. The number of nitrogens with one attached hydrogen (secondary N) is 1. The molecule has 1 fully saturated rings. The van der Waals surface area contributed by atoms with Crippen LogP contribution in [0.3, 0.4) is 0 Å². The van der Waals surface area contributed by atoms with Gasteiger partial charge >= 0.3 is 12.3 Å². The molecule has 1 N–H and O–H groups in total. The maximum atomic E-state index is 12.8. The zero-order valence-corrected chi connectivity index (χ0v) is 21.3. The van der Waals surface area contributed by atoms with Gasteiger partial charge < -0.3 is 24.6 Å². The lowest BCUT2D eigenvalue weighted by atomic mass is 10.2. The van der Waals surface area contributed by atoms with E-state index in [4.69, 9.17) is 21.1 Å².